The normalized spacial score (nSPS) is 26.2. The van der Waals surface area contributed by atoms with Crippen LogP contribution in [0.15, 0.2) is 0 Å². The quantitative estimate of drug-likeness (QED) is 0.643. The number of carbonyl (C=O) groups excluding carboxylic acids is 1. The molecule has 4 heteroatoms. The molecule has 0 radical (unpaired) electrons. The molecular weight excluding hydrogens is 262 g/mol. The molecule has 3 atom stereocenters. The van der Waals surface area contributed by atoms with Crippen molar-refractivity contribution in [3.05, 3.63) is 0 Å². The van der Waals surface area contributed by atoms with E-state index in [2.05, 4.69) is 37.9 Å². The van der Waals surface area contributed by atoms with Crippen molar-refractivity contribution in [2.45, 2.75) is 96.8 Å². The van der Waals surface area contributed by atoms with Crippen LogP contribution in [-0.4, -0.2) is 41.0 Å². The van der Waals surface area contributed by atoms with Gasteiger partial charge in [-0.05, 0) is 72.8 Å². The molecule has 124 valence electrons. The van der Waals surface area contributed by atoms with Gasteiger partial charge in [0.25, 0.3) is 0 Å². The first kappa shape index (κ1) is 18.4. The molecule has 1 aliphatic rings. The number of rotatable bonds is 9. The Labute approximate surface area is 130 Å². The molecule has 4 nitrogen and oxygen atoms in total. The van der Waals surface area contributed by atoms with Crippen LogP contribution in [0.3, 0.4) is 0 Å². The van der Waals surface area contributed by atoms with Gasteiger partial charge >= 0.3 is 0 Å². The molecule has 3 N–H and O–H groups in total. The molecule has 21 heavy (non-hydrogen) atoms. The van der Waals surface area contributed by atoms with Gasteiger partial charge < -0.3 is 11.1 Å². The summed E-state index contributed by atoms with van der Waals surface area (Å²) in [5.41, 5.74) is 5.00. The van der Waals surface area contributed by atoms with Gasteiger partial charge in [-0.2, -0.15) is 0 Å². The van der Waals surface area contributed by atoms with Crippen LogP contribution in [0.1, 0.15) is 73.1 Å². The second kappa shape index (κ2) is 8.14. The number of nitrogens with one attached hydrogen (secondary N) is 1. The molecule has 0 bridgehead atoms. The van der Waals surface area contributed by atoms with Crippen LogP contribution in [0.4, 0.5) is 0 Å². The summed E-state index contributed by atoms with van der Waals surface area (Å²) in [6.45, 7) is 11.8. The summed E-state index contributed by atoms with van der Waals surface area (Å²) in [7, 11) is 0. The Morgan fingerprint density at radius 2 is 2.05 bits per heavy atom. The summed E-state index contributed by atoms with van der Waals surface area (Å²) in [6.07, 6.45) is 6.91. The Bertz CT molecular complexity index is 332. The maximum absolute atomic E-state index is 11.7. The minimum atomic E-state index is -0.574. The zero-order valence-electron chi connectivity index (χ0n) is 14.6. The van der Waals surface area contributed by atoms with Gasteiger partial charge in [-0.25, -0.2) is 0 Å². The van der Waals surface area contributed by atoms with Crippen molar-refractivity contribution in [1.82, 2.24) is 10.2 Å². The van der Waals surface area contributed by atoms with Gasteiger partial charge in [0.1, 0.15) is 0 Å². The third kappa shape index (κ3) is 5.26. The van der Waals surface area contributed by atoms with Crippen molar-refractivity contribution in [2.24, 2.45) is 5.73 Å². The van der Waals surface area contributed by atoms with Crippen molar-refractivity contribution < 1.29 is 4.79 Å². The van der Waals surface area contributed by atoms with E-state index in [1.165, 1.54) is 19.3 Å². The molecule has 1 fully saturated rings. The summed E-state index contributed by atoms with van der Waals surface area (Å²) in [4.78, 5) is 14.4. The molecule has 1 rings (SSSR count). The second-order valence-electron chi connectivity index (χ2n) is 7.18. The SMILES string of the molecule is CCC1CCC(C)N1CCCCC(C)(NC(C)C)C(N)=O. The second-order valence-corrected chi connectivity index (χ2v) is 7.18. The van der Waals surface area contributed by atoms with Crippen LogP contribution >= 0.6 is 0 Å². The van der Waals surface area contributed by atoms with E-state index in [0.29, 0.717) is 6.04 Å². The number of primary amides is 1. The first-order valence-electron chi connectivity index (χ1n) is 8.63. The standard InChI is InChI=1S/C17H35N3O/c1-6-15-10-9-14(4)20(15)12-8-7-11-17(5,16(18)21)19-13(2)3/h13-15,19H,6-12H2,1-5H3,(H2,18,21). The van der Waals surface area contributed by atoms with Gasteiger partial charge in [0.05, 0.1) is 5.54 Å². The van der Waals surface area contributed by atoms with Crippen LogP contribution in [0.25, 0.3) is 0 Å². The molecule has 1 aliphatic heterocycles. The lowest BCUT2D eigenvalue weighted by Crippen LogP contribution is -2.55. The van der Waals surface area contributed by atoms with Gasteiger partial charge in [-0.15, -0.1) is 0 Å². The Morgan fingerprint density at radius 1 is 1.38 bits per heavy atom. The molecule has 1 heterocycles. The Balaban J connectivity index is 2.39. The topological polar surface area (TPSA) is 58.4 Å². The van der Waals surface area contributed by atoms with E-state index in [4.69, 9.17) is 5.73 Å². The van der Waals surface area contributed by atoms with E-state index < -0.39 is 5.54 Å². The predicted molar refractivity (Wildman–Crippen MR) is 89.2 cm³/mol. The minimum Gasteiger partial charge on any atom is -0.368 e. The number of hydrogen-bond donors (Lipinski definition) is 2. The maximum Gasteiger partial charge on any atom is 0.237 e. The molecule has 0 spiro atoms. The van der Waals surface area contributed by atoms with E-state index in [9.17, 15) is 4.79 Å². The lowest BCUT2D eigenvalue weighted by atomic mass is 9.93. The minimum absolute atomic E-state index is 0.239. The fourth-order valence-corrected chi connectivity index (χ4v) is 3.64. The number of unbranched alkanes of at least 4 members (excludes halogenated alkanes) is 1. The molecule has 0 aliphatic carbocycles. The third-order valence-corrected chi connectivity index (χ3v) is 4.92. The van der Waals surface area contributed by atoms with Gasteiger partial charge in [0.2, 0.25) is 5.91 Å². The summed E-state index contributed by atoms with van der Waals surface area (Å²) >= 11 is 0. The predicted octanol–water partition coefficient (Wildman–Crippen LogP) is 2.66. The van der Waals surface area contributed by atoms with E-state index in [0.717, 1.165) is 31.8 Å². The van der Waals surface area contributed by atoms with Gasteiger partial charge in [-0.3, -0.25) is 9.69 Å². The molecule has 1 amide bonds. The lowest BCUT2D eigenvalue weighted by molar-refractivity contribution is -0.124. The van der Waals surface area contributed by atoms with Crippen molar-refractivity contribution in [3.8, 4) is 0 Å². The van der Waals surface area contributed by atoms with Crippen molar-refractivity contribution in [1.29, 1.82) is 0 Å². The number of likely N-dealkylation sites (tertiary alicyclic amines) is 1. The fourth-order valence-electron chi connectivity index (χ4n) is 3.64. The van der Waals surface area contributed by atoms with Crippen molar-refractivity contribution in [2.75, 3.05) is 6.54 Å². The maximum atomic E-state index is 11.7. The first-order valence-corrected chi connectivity index (χ1v) is 8.63. The summed E-state index contributed by atoms with van der Waals surface area (Å²) in [6, 6.07) is 1.74. The summed E-state index contributed by atoms with van der Waals surface area (Å²) < 4.78 is 0. The number of amides is 1. The van der Waals surface area contributed by atoms with E-state index in [1.807, 2.05) is 6.92 Å². The molecule has 0 saturated carbocycles. The number of hydrogen-bond acceptors (Lipinski definition) is 3. The highest BCUT2D eigenvalue weighted by atomic mass is 16.1. The molecule has 1 saturated heterocycles. The van der Waals surface area contributed by atoms with Crippen LogP contribution in [-0.2, 0) is 4.79 Å². The largest absolute Gasteiger partial charge is 0.368 e. The van der Waals surface area contributed by atoms with E-state index in [-0.39, 0.29) is 11.9 Å². The van der Waals surface area contributed by atoms with Gasteiger partial charge in [-0.1, -0.05) is 6.92 Å². The van der Waals surface area contributed by atoms with Crippen molar-refractivity contribution >= 4 is 5.91 Å². The molecule has 0 aromatic carbocycles. The summed E-state index contributed by atoms with van der Waals surface area (Å²) in [5, 5.41) is 3.32. The Kier molecular flexibility index (Phi) is 7.14. The zero-order chi connectivity index (χ0) is 16.0. The van der Waals surface area contributed by atoms with Crippen LogP contribution in [0.5, 0.6) is 0 Å². The Hall–Kier alpha value is -0.610. The third-order valence-electron chi connectivity index (χ3n) is 4.92. The average molecular weight is 297 g/mol. The average Bonchev–Trinajstić information content (AvgIpc) is 2.74. The van der Waals surface area contributed by atoms with Gasteiger partial charge in [0, 0.05) is 18.1 Å². The lowest BCUT2D eigenvalue weighted by Gasteiger charge is -2.31. The molecule has 3 unspecified atom stereocenters. The number of nitrogens with two attached hydrogens (primary N) is 1. The number of nitrogens with zero attached hydrogens (tertiary/aromatic N) is 1. The molecular formula is C17H35N3O. The monoisotopic (exact) mass is 297 g/mol. The highest BCUT2D eigenvalue weighted by molar-refractivity contribution is 5.84. The number of carbonyl (C=O) groups is 1. The van der Waals surface area contributed by atoms with E-state index >= 15 is 0 Å². The molecule has 0 aromatic rings. The smallest absolute Gasteiger partial charge is 0.237 e. The van der Waals surface area contributed by atoms with Crippen molar-refractivity contribution in [3.63, 3.8) is 0 Å². The highest BCUT2D eigenvalue weighted by Crippen LogP contribution is 2.26. The fraction of sp³-hybridized carbons (Fsp3) is 0.941. The Morgan fingerprint density at radius 3 is 2.57 bits per heavy atom. The zero-order valence-corrected chi connectivity index (χ0v) is 14.6. The summed E-state index contributed by atoms with van der Waals surface area (Å²) in [5.74, 6) is -0.239. The molecule has 0 aromatic heterocycles. The van der Waals surface area contributed by atoms with Crippen LogP contribution in [0.2, 0.25) is 0 Å². The van der Waals surface area contributed by atoms with Crippen LogP contribution in [0, 0.1) is 0 Å². The first-order chi connectivity index (χ1) is 9.80. The van der Waals surface area contributed by atoms with Crippen LogP contribution < -0.4 is 11.1 Å². The van der Waals surface area contributed by atoms with E-state index in [1.54, 1.807) is 0 Å². The van der Waals surface area contributed by atoms with Gasteiger partial charge in [0.15, 0.2) is 0 Å². The highest BCUT2D eigenvalue weighted by Gasteiger charge is 2.32.